The monoisotopic (exact) mass is 929 g/mol. The van der Waals surface area contributed by atoms with Crippen molar-refractivity contribution in [2.24, 2.45) is 0 Å². The van der Waals surface area contributed by atoms with Gasteiger partial charge in [-0.05, 0) is 51.4 Å². The molecule has 2 N–H and O–H groups in total. The number of phosphoric ester groups is 1. The Hall–Kier alpha value is -2.04. The minimum Gasteiger partial charge on any atom is -0.462 e. The van der Waals surface area contributed by atoms with Gasteiger partial charge < -0.3 is 24.2 Å². The first kappa shape index (κ1) is 62.0. The molecule has 3 unspecified atom stereocenters. The topological polar surface area (TPSA) is 155 Å². The van der Waals surface area contributed by atoms with E-state index in [0.717, 1.165) is 83.5 Å². The second-order valence-corrected chi connectivity index (χ2v) is 19.2. The van der Waals surface area contributed by atoms with Crippen molar-refractivity contribution in [1.82, 2.24) is 0 Å². The molecule has 64 heavy (non-hydrogen) atoms. The summed E-state index contributed by atoms with van der Waals surface area (Å²) in [6, 6.07) is 0. The number of carbonyl (C=O) groups is 3. The van der Waals surface area contributed by atoms with E-state index in [0.29, 0.717) is 19.3 Å². The molecule has 0 aromatic carbocycles. The number of unbranched alkanes of at least 4 members (excludes halogenated alkanes) is 28. The molecule has 0 aliphatic carbocycles. The van der Waals surface area contributed by atoms with Crippen molar-refractivity contribution in [2.45, 2.75) is 264 Å². The van der Waals surface area contributed by atoms with E-state index in [1.165, 1.54) is 109 Å². The van der Waals surface area contributed by atoms with Crippen LogP contribution in [0.25, 0.3) is 0 Å². The summed E-state index contributed by atoms with van der Waals surface area (Å²) in [5.74, 6) is -1.46. The Kier molecular flexibility index (Phi) is 45.9. The molecular formula is C52H97O11P. The zero-order chi connectivity index (χ0) is 47.0. The average Bonchev–Trinajstić information content (AvgIpc) is 3.28. The molecule has 0 aromatic rings. The van der Waals surface area contributed by atoms with Crippen molar-refractivity contribution in [3.63, 3.8) is 0 Å². The second-order valence-electron chi connectivity index (χ2n) is 17.7. The fraction of sp³-hybridized carbons (Fsp3) is 0.865. The van der Waals surface area contributed by atoms with Crippen molar-refractivity contribution in [2.75, 3.05) is 26.4 Å². The van der Waals surface area contributed by atoms with E-state index in [-0.39, 0.29) is 25.9 Å². The lowest BCUT2D eigenvalue weighted by molar-refractivity contribution is -0.161. The number of aliphatic hydroxyl groups is 1. The normalized spacial score (nSPS) is 13.6. The van der Waals surface area contributed by atoms with E-state index >= 15 is 0 Å². The third-order valence-corrected chi connectivity index (χ3v) is 12.3. The lowest BCUT2D eigenvalue weighted by atomic mass is 10.1. The van der Waals surface area contributed by atoms with Gasteiger partial charge in [0, 0.05) is 19.3 Å². The van der Waals surface area contributed by atoms with Crippen LogP contribution in [0.15, 0.2) is 24.3 Å². The molecule has 0 aliphatic rings. The number of esters is 3. The number of hydrogen-bond donors (Lipinski definition) is 2. The van der Waals surface area contributed by atoms with Crippen LogP contribution in [-0.4, -0.2) is 66.5 Å². The smallest absolute Gasteiger partial charge is 0.462 e. The standard InChI is InChI=1S/C52H97O11P/c1-4-7-10-13-16-19-22-23-24-25-28-29-32-35-38-41-50(54)59-45-49(63-52(56)43-40-37-34-31-27-21-18-15-12-9-6-3)47-61-64(57,58)60-46-48(44-53)62-51(55)42-39-36-33-30-26-20-17-14-11-8-5-2/h16,19,23-24,48-49,53H,4-15,17-18,20-22,25-47H2,1-3H3,(H,57,58)/b19-16-,24-23-. The van der Waals surface area contributed by atoms with Gasteiger partial charge in [0.25, 0.3) is 0 Å². The maximum Gasteiger partial charge on any atom is 0.472 e. The highest BCUT2D eigenvalue weighted by molar-refractivity contribution is 7.47. The molecule has 0 aromatic heterocycles. The van der Waals surface area contributed by atoms with Crippen LogP contribution >= 0.6 is 7.82 Å². The molecule has 0 bridgehead atoms. The maximum atomic E-state index is 12.8. The maximum absolute atomic E-state index is 12.8. The Morgan fingerprint density at radius 1 is 0.438 bits per heavy atom. The second kappa shape index (κ2) is 47.5. The van der Waals surface area contributed by atoms with E-state index in [1.807, 2.05) is 0 Å². The first-order valence-corrected chi connectivity index (χ1v) is 27.7. The number of hydrogen-bond acceptors (Lipinski definition) is 10. The first-order chi connectivity index (χ1) is 31.2. The van der Waals surface area contributed by atoms with E-state index in [4.69, 9.17) is 23.3 Å². The summed E-state index contributed by atoms with van der Waals surface area (Å²) in [5, 5.41) is 9.75. The number of carbonyl (C=O) groups excluding carboxylic acids is 3. The van der Waals surface area contributed by atoms with Crippen molar-refractivity contribution in [3.05, 3.63) is 24.3 Å². The predicted molar refractivity (Wildman–Crippen MR) is 261 cm³/mol. The summed E-state index contributed by atoms with van der Waals surface area (Å²) in [4.78, 5) is 48.2. The van der Waals surface area contributed by atoms with Gasteiger partial charge in [0.1, 0.15) is 12.7 Å². The largest absolute Gasteiger partial charge is 0.472 e. The number of phosphoric acid groups is 1. The molecule has 12 heteroatoms. The molecule has 376 valence electrons. The van der Waals surface area contributed by atoms with Crippen LogP contribution in [0.1, 0.15) is 252 Å². The van der Waals surface area contributed by atoms with Crippen molar-refractivity contribution < 1.29 is 52.2 Å². The molecular weight excluding hydrogens is 832 g/mol. The number of aliphatic hydroxyl groups excluding tert-OH is 1. The molecule has 11 nitrogen and oxygen atoms in total. The van der Waals surface area contributed by atoms with Gasteiger partial charge in [-0.15, -0.1) is 0 Å². The van der Waals surface area contributed by atoms with Crippen LogP contribution in [0.5, 0.6) is 0 Å². The van der Waals surface area contributed by atoms with E-state index in [1.54, 1.807) is 0 Å². The molecule has 0 fully saturated rings. The molecule has 0 amide bonds. The van der Waals surface area contributed by atoms with Crippen LogP contribution in [0.4, 0.5) is 0 Å². The molecule has 0 radical (unpaired) electrons. The van der Waals surface area contributed by atoms with Gasteiger partial charge in [0.2, 0.25) is 0 Å². The summed E-state index contributed by atoms with van der Waals surface area (Å²) in [6.07, 6.45) is 44.3. The van der Waals surface area contributed by atoms with E-state index in [9.17, 15) is 28.9 Å². The van der Waals surface area contributed by atoms with E-state index < -0.39 is 57.8 Å². The van der Waals surface area contributed by atoms with Gasteiger partial charge in [0.05, 0.1) is 19.8 Å². The minimum absolute atomic E-state index is 0.170. The van der Waals surface area contributed by atoms with Crippen LogP contribution in [0.3, 0.4) is 0 Å². The van der Waals surface area contributed by atoms with Crippen molar-refractivity contribution in [3.8, 4) is 0 Å². The Morgan fingerprint density at radius 3 is 1.19 bits per heavy atom. The highest BCUT2D eigenvalue weighted by Gasteiger charge is 2.28. The molecule has 0 saturated carbocycles. The molecule has 0 aliphatic heterocycles. The molecule has 0 rings (SSSR count). The highest BCUT2D eigenvalue weighted by atomic mass is 31.2. The highest BCUT2D eigenvalue weighted by Crippen LogP contribution is 2.43. The third kappa shape index (κ3) is 45.1. The van der Waals surface area contributed by atoms with Crippen LogP contribution in [0.2, 0.25) is 0 Å². The van der Waals surface area contributed by atoms with Crippen LogP contribution in [-0.2, 0) is 42.2 Å². The molecule has 3 atom stereocenters. The van der Waals surface area contributed by atoms with Crippen LogP contribution < -0.4 is 0 Å². The predicted octanol–water partition coefficient (Wildman–Crippen LogP) is 14.7. The quantitative estimate of drug-likeness (QED) is 0.0197. The van der Waals surface area contributed by atoms with Gasteiger partial charge in [-0.2, -0.15) is 0 Å². The Bertz CT molecular complexity index is 1180. The molecule has 0 saturated heterocycles. The summed E-state index contributed by atoms with van der Waals surface area (Å²) >= 11 is 0. The minimum atomic E-state index is -4.73. The van der Waals surface area contributed by atoms with Gasteiger partial charge in [-0.25, -0.2) is 4.57 Å². The zero-order valence-electron chi connectivity index (χ0n) is 41.3. The fourth-order valence-corrected chi connectivity index (χ4v) is 8.11. The molecule has 0 spiro atoms. The van der Waals surface area contributed by atoms with Crippen molar-refractivity contribution >= 4 is 25.7 Å². The molecule has 0 heterocycles. The summed E-state index contributed by atoms with van der Waals surface area (Å²) in [5.41, 5.74) is 0. The third-order valence-electron chi connectivity index (χ3n) is 11.4. The van der Waals surface area contributed by atoms with E-state index in [2.05, 4.69) is 45.1 Å². The average molecular weight is 929 g/mol. The van der Waals surface area contributed by atoms with Gasteiger partial charge in [-0.1, -0.05) is 206 Å². The number of ether oxygens (including phenoxy) is 3. The summed E-state index contributed by atoms with van der Waals surface area (Å²) in [7, 11) is -4.73. The van der Waals surface area contributed by atoms with Crippen LogP contribution in [0, 0.1) is 0 Å². The summed E-state index contributed by atoms with van der Waals surface area (Å²) in [6.45, 7) is 4.60. The Morgan fingerprint density at radius 2 is 0.766 bits per heavy atom. The number of allylic oxidation sites excluding steroid dienone is 4. The van der Waals surface area contributed by atoms with Gasteiger partial charge >= 0.3 is 25.7 Å². The van der Waals surface area contributed by atoms with Gasteiger partial charge in [0.15, 0.2) is 6.10 Å². The zero-order valence-corrected chi connectivity index (χ0v) is 42.2. The van der Waals surface area contributed by atoms with Gasteiger partial charge in [-0.3, -0.25) is 23.4 Å². The number of rotatable bonds is 49. The lowest BCUT2D eigenvalue weighted by Crippen LogP contribution is -2.30. The summed E-state index contributed by atoms with van der Waals surface area (Å²) < 4.78 is 39.3. The van der Waals surface area contributed by atoms with Crippen molar-refractivity contribution in [1.29, 1.82) is 0 Å². The lowest BCUT2D eigenvalue weighted by Gasteiger charge is -2.21. The fourth-order valence-electron chi connectivity index (χ4n) is 7.33. The first-order valence-electron chi connectivity index (χ1n) is 26.2. The Balaban J connectivity index is 4.72. The Labute approximate surface area is 391 Å². The SMILES string of the molecule is CCCCC/C=C\C/C=C\CCCCCCCC(=O)OCC(COP(=O)(O)OCC(CO)OC(=O)CCCCCCCCCCCCC)OC(=O)CCCCCCCCCCCCC.